The second-order valence-electron chi connectivity index (χ2n) is 6.78. The van der Waals surface area contributed by atoms with Gasteiger partial charge >= 0.3 is 5.69 Å². The molecule has 152 valence electrons. The molecule has 1 aromatic carbocycles. The molecule has 0 saturated heterocycles. The van der Waals surface area contributed by atoms with Gasteiger partial charge in [-0.1, -0.05) is 0 Å². The van der Waals surface area contributed by atoms with Gasteiger partial charge in [0.1, 0.15) is 5.75 Å². The zero-order valence-corrected chi connectivity index (χ0v) is 16.9. The summed E-state index contributed by atoms with van der Waals surface area (Å²) in [6, 6.07) is 7.77. The van der Waals surface area contributed by atoms with Gasteiger partial charge in [0.25, 0.3) is 5.56 Å². The number of fused-ring (bicyclic) bond motifs is 3. The molecule has 0 aliphatic rings. The van der Waals surface area contributed by atoms with E-state index in [0.29, 0.717) is 36.7 Å². The fraction of sp³-hybridized carbons (Fsp3) is 0.350. The van der Waals surface area contributed by atoms with Crippen LogP contribution in [0.4, 0.5) is 0 Å². The third-order valence-corrected chi connectivity index (χ3v) is 5.04. The Hall–Kier alpha value is -3.33. The fourth-order valence-corrected chi connectivity index (χ4v) is 3.54. The van der Waals surface area contributed by atoms with Crippen LogP contribution in [0.1, 0.15) is 6.92 Å². The Labute approximate surface area is 166 Å². The maximum atomic E-state index is 12.8. The summed E-state index contributed by atoms with van der Waals surface area (Å²) in [7, 11) is 4.72. The number of rotatable bonds is 6. The van der Waals surface area contributed by atoms with E-state index in [-0.39, 0.29) is 5.56 Å². The second kappa shape index (κ2) is 7.25. The van der Waals surface area contributed by atoms with Crippen molar-refractivity contribution in [2.75, 3.05) is 20.3 Å². The van der Waals surface area contributed by atoms with Crippen LogP contribution in [0.15, 0.2) is 40.1 Å². The molecular formula is C20H23N5O4. The van der Waals surface area contributed by atoms with Gasteiger partial charge in [0.05, 0.1) is 18.9 Å². The molecule has 4 aromatic rings. The van der Waals surface area contributed by atoms with E-state index < -0.39 is 5.69 Å². The summed E-state index contributed by atoms with van der Waals surface area (Å²) in [5, 5.41) is 0. The largest absolute Gasteiger partial charge is 0.494 e. The summed E-state index contributed by atoms with van der Waals surface area (Å²) in [5.74, 6) is 1.38. The van der Waals surface area contributed by atoms with E-state index in [2.05, 4.69) is 4.98 Å². The first-order valence-electron chi connectivity index (χ1n) is 9.37. The number of ether oxygens (including phenoxy) is 2. The predicted molar refractivity (Wildman–Crippen MR) is 110 cm³/mol. The number of benzene rings is 1. The van der Waals surface area contributed by atoms with Crippen LogP contribution >= 0.6 is 0 Å². The van der Waals surface area contributed by atoms with Crippen molar-refractivity contribution in [3.05, 3.63) is 51.3 Å². The lowest BCUT2D eigenvalue weighted by Gasteiger charge is -2.09. The van der Waals surface area contributed by atoms with Crippen molar-refractivity contribution in [1.29, 1.82) is 0 Å². The first-order valence-corrected chi connectivity index (χ1v) is 9.37. The van der Waals surface area contributed by atoms with Crippen LogP contribution in [0, 0.1) is 0 Å². The van der Waals surface area contributed by atoms with Gasteiger partial charge in [0.2, 0.25) is 5.78 Å². The Bertz CT molecular complexity index is 1310. The highest BCUT2D eigenvalue weighted by Gasteiger charge is 2.20. The van der Waals surface area contributed by atoms with Gasteiger partial charge in [-0.2, -0.15) is 4.98 Å². The number of hydrogen-bond donors (Lipinski definition) is 0. The van der Waals surface area contributed by atoms with Crippen molar-refractivity contribution in [2.24, 2.45) is 14.1 Å². The molecule has 0 bridgehead atoms. The predicted octanol–water partition coefficient (Wildman–Crippen LogP) is 1.40. The molecule has 29 heavy (non-hydrogen) atoms. The molecule has 3 heterocycles. The lowest BCUT2D eigenvalue weighted by Crippen LogP contribution is -2.37. The summed E-state index contributed by atoms with van der Waals surface area (Å²) < 4.78 is 17.0. The van der Waals surface area contributed by atoms with Gasteiger partial charge in [0.15, 0.2) is 11.2 Å². The molecule has 4 rings (SSSR count). The van der Waals surface area contributed by atoms with Crippen LogP contribution in [0.5, 0.6) is 5.75 Å². The monoisotopic (exact) mass is 397 g/mol. The van der Waals surface area contributed by atoms with Crippen molar-refractivity contribution < 1.29 is 9.47 Å². The first-order chi connectivity index (χ1) is 14.0. The quantitative estimate of drug-likeness (QED) is 0.491. The molecule has 0 atom stereocenters. The Morgan fingerprint density at radius 3 is 2.45 bits per heavy atom. The van der Waals surface area contributed by atoms with Crippen LogP contribution in [0.2, 0.25) is 0 Å². The molecule has 0 spiro atoms. The number of hydrogen-bond acceptors (Lipinski definition) is 5. The molecule has 0 unspecified atom stereocenters. The molecule has 0 fully saturated rings. The van der Waals surface area contributed by atoms with E-state index >= 15 is 0 Å². The number of nitrogens with zero attached hydrogens (tertiary/aromatic N) is 5. The van der Waals surface area contributed by atoms with Crippen molar-refractivity contribution in [1.82, 2.24) is 23.1 Å². The van der Waals surface area contributed by atoms with E-state index in [1.165, 1.54) is 11.6 Å². The van der Waals surface area contributed by atoms with Crippen LogP contribution < -0.4 is 16.0 Å². The molecule has 0 aliphatic carbocycles. The van der Waals surface area contributed by atoms with Gasteiger partial charge in [0, 0.05) is 39.5 Å². The Morgan fingerprint density at radius 1 is 1.07 bits per heavy atom. The zero-order valence-electron chi connectivity index (χ0n) is 16.9. The smallest absolute Gasteiger partial charge is 0.332 e. The summed E-state index contributed by atoms with van der Waals surface area (Å²) in [6.45, 7) is 3.57. The van der Waals surface area contributed by atoms with Crippen LogP contribution in [0.25, 0.3) is 28.2 Å². The molecule has 0 aliphatic heterocycles. The Balaban J connectivity index is 2.00. The van der Waals surface area contributed by atoms with Crippen LogP contribution in [0.3, 0.4) is 0 Å². The van der Waals surface area contributed by atoms with E-state index in [4.69, 9.17) is 9.47 Å². The Morgan fingerprint density at radius 2 is 1.79 bits per heavy atom. The summed E-state index contributed by atoms with van der Waals surface area (Å²) in [4.78, 5) is 29.7. The van der Waals surface area contributed by atoms with Crippen molar-refractivity contribution in [3.63, 3.8) is 0 Å². The average Bonchev–Trinajstić information content (AvgIpc) is 3.26. The van der Waals surface area contributed by atoms with Gasteiger partial charge in [-0.3, -0.25) is 18.3 Å². The Kier molecular flexibility index (Phi) is 4.75. The summed E-state index contributed by atoms with van der Waals surface area (Å²) >= 11 is 0. The normalized spacial score (nSPS) is 11.6. The topological polar surface area (TPSA) is 84.7 Å². The highest BCUT2D eigenvalue weighted by Crippen LogP contribution is 2.27. The fourth-order valence-electron chi connectivity index (χ4n) is 3.54. The third-order valence-electron chi connectivity index (χ3n) is 5.04. The number of aromatic nitrogens is 5. The maximum Gasteiger partial charge on any atom is 0.332 e. The lowest BCUT2D eigenvalue weighted by molar-refractivity contribution is 0.188. The van der Waals surface area contributed by atoms with E-state index in [1.807, 2.05) is 42.0 Å². The molecule has 3 aromatic heterocycles. The van der Waals surface area contributed by atoms with Gasteiger partial charge in [-0.25, -0.2) is 4.79 Å². The minimum absolute atomic E-state index is 0.359. The van der Waals surface area contributed by atoms with E-state index in [1.54, 1.807) is 18.6 Å². The van der Waals surface area contributed by atoms with Gasteiger partial charge < -0.3 is 14.0 Å². The van der Waals surface area contributed by atoms with Gasteiger partial charge in [-0.05, 0) is 31.2 Å². The summed E-state index contributed by atoms with van der Waals surface area (Å²) in [6.07, 6.45) is 1.88. The minimum atomic E-state index is -0.404. The zero-order chi connectivity index (χ0) is 20.7. The molecule has 0 saturated carbocycles. The standard InChI is InChI=1S/C20H23N5O4/c1-5-29-14-8-6-13(7-9-14)15-12-25-16-17(21-19(25)24(15)10-11-28-4)22(2)20(27)23(3)18(16)26/h6-9,12H,5,10-11H2,1-4H3. The van der Waals surface area contributed by atoms with Crippen LogP contribution in [-0.4, -0.2) is 43.4 Å². The SMILES string of the molecule is CCOc1ccc(-c2cn3c4c(=O)n(C)c(=O)n(C)c4nc3n2CCOC)cc1. The molecule has 0 radical (unpaired) electrons. The highest BCUT2D eigenvalue weighted by molar-refractivity contribution is 5.78. The lowest BCUT2D eigenvalue weighted by atomic mass is 10.1. The second-order valence-corrected chi connectivity index (χ2v) is 6.78. The average molecular weight is 397 g/mol. The number of imidazole rings is 2. The van der Waals surface area contributed by atoms with Crippen LogP contribution in [-0.2, 0) is 25.4 Å². The summed E-state index contributed by atoms with van der Waals surface area (Å²) in [5.41, 5.74) is 1.80. The third kappa shape index (κ3) is 2.94. The minimum Gasteiger partial charge on any atom is -0.494 e. The number of aryl methyl sites for hydroxylation is 1. The van der Waals surface area contributed by atoms with Gasteiger partial charge in [-0.15, -0.1) is 0 Å². The highest BCUT2D eigenvalue weighted by atomic mass is 16.5. The van der Waals surface area contributed by atoms with E-state index in [0.717, 1.165) is 21.6 Å². The number of methoxy groups -OCH3 is 1. The van der Waals surface area contributed by atoms with Crippen molar-refractivity contribution in [2.45, 2.75) is 13.5 Å². The molecule has 9 heteroatoms. The first kappa shape index (κ1) is 19.0. The molecule has 0 N–H and O–H groups in total. The molecule has 0 amide bonds. The molecular weight excluding hydrogens is 374 g/mol. The molecule has 9 nitrogen and oxygen atoms in total. The maximum absolute atomic E-state index is 12.8. The van der Waals surface area contributed by atoms with Crippen molar-refractivity contribution in [3.8, 4) is 17.0 Å². The van der Waals surface area contributed by atoms with E-state index in [9.17, 15) is 9.59 Å². The van der Waals surface area contributed by atoms with Crippen molar-refractivity contribution >= 4 is 16.9 Å².